The average Bonchev–Trinajstić information content (AvgIpc) is 3.19. The third kappa shape index (κ3) is 5.35. The third-order valence-electron chi connectivity index (χ3n) is 5.28. The minimum atomic E-state index is -0.152. The predicted octanol–water partition coefficient (Wildman–Crippen LogP) is 5.20. The summed E-state index contributed by atoms with van der Waals surface area (Å²) in [4.78, 5) is 15.6. The Bertz CT molecular complexity index is 1110. The van der Waals surface area contributed by atoms with Crippen LogP contribution in [0.15, 0.2) is 59.6 Å². The predicted molar refractivity (Wildman–Crippen MR) is 133 cm³/mol. The molecule has 0 spiro atoms. The van der Waals surface area contributed by atoms with Crippen LogP contribution in [0.4, 0.5) is 0 Å². The molecule has 0 aliphatic rings. The van der Waals surface area contributed by atoms with Crippen LogP contribution in [-0.4, -0.2) is 46.1 Å². The zero-order valence-corrected chi connectivity index (χ0v) is 20.8. The highest BCUT2D eigenvalue weighted by molar-refractivity contribution is 9.10. The van der Waals surface area contributed by atoms with Crippen molar-refractivity contribution in [1.82, 2.24) is 25.0 Å². The molecule has 3 rings (SSSR count). The summed E-state index contributed by atoms with van der Waals surface area (Å²) in [5.41, 5.74) is 1.69. The van der Waals surface area contributed by atoms with Crippen LogP contribution in [0, 0.1) is 0 Å². The summed E-state index contributed by atoms with van der Waals surface area (Å²) in [6.07, 6.45) is 2.72. The van der Waals surface area contributed by atoms with Crippen LogP contribution in [-0.2, 0) is 6.54 Å². The van der Waals surface area contributed by atoms with Crippen molar-refractivity contribution in [3.8, 4) is 5.69 Å². The maximum atomic E-state index is 13.5. The van der Waals surface area contributed by atoms with Crippen LogP contribution in [0.5, 0.6) is 0 Å². The monoisotopic (exact) mass is 515 g/mol. The van der Waals surface area contributed by atoms with Crippen molar-refractivity contribution in [3.05, 3.63) is 87.4 Å². The molecule has 0 fully saturated rings. The second kappa shape index (κ2) is 11.0. The number of benzene rings is 2. The number of aromatic nitrogens is 3. The molecule has 1 atom stereocenters. The Morgan fingerprint density at radius 3 is 2.69 bits per heavy atom. The van der Waals surface area contributed by atoms with Crippen LogP contribution in [0.3, 0.4) is 0 Å². The summed E-state index contributed by atoms with van der Waals surface area (Å²) in [5, 5.41) is 12.7. The highest BCUT2D eigenvalue weighted by Gasteiger charge is 2.25. The summed E-state index contributed by atoms with van der Waals surface area (Å²) in [6, 6.07) is 12.7. The fourth-order valence-corrected chi connectivity index (χ4v) is 3.86. The molecule has 1 N–H and O–H groups in total. The van der Waals surface area contributed by atoms with Gasteiger partial charge in [-0.1, -0.05) is 45.7 Å². The van der Waals surface area contributed by atoms with Gasteiger partial charge in [-0.15, -0.1) is 16.8 Å². The Labute approximate surface area is 202 Å². The Balaban J connectivity index is 2.16. The van der Waals surface area contributed by atoms with Crippen molar-refractivity contribution in [2.45, 2.75) is 25.9 Å². The van der Waals surface area contributed by atoms with E-state index in [0.717, 1.165) is 29.1 Å². The molecule has 1 aromatic heterocycles. The summed E-state index contributed by atoms with van der Waals surface area (Å²) in [5.74, 6) is 1.33. The fraction of sp³-hybridized carbons (Fsp3) is 0.292. The van der Waals surface area contributed by atoms with Crippen molar-refractivity contribution in [1.29, 1.82) is 0 Å². The molecular formula is C24H27BrClN5O. The van der Waals surface area contributed by atoms with Crippen LogP contribution in [0.1, 0.15) is 47.0 Å². The normalized spacial score (nSPS) is 12.2. The Morgan fingerprint density at radius 1 is 1.25 bits per heavy atom. The molecule has 1 unspecified atom stereocenters. The lowest BCUT2D eigenvalue weighted by molar-refractivity contribution is 0.103. The molecule has 0 bridgehead atoms. The smallest absolute Gasteiger partial charge is 0.196 e. The molecule has 168 valence electrons. The Kier molecular flexibility index (Phi) is 8.37. The summed E-state index contributed by atoms with van der Waals surface area (Å²) in [6.45, 7) is 7.10. The molecule has 3 aromatic rings. The van der Waals surface area contributed by atoms with E-state index in [2.05, 4.69) is 49.8 Å². The van der Waals surface area contributed by atoms with Gasteiger partial charge in [0.2, 0.25) is 0 Å². The van der Waals surface area contributed by atoms with Gasteiger partial charge in [0.05, 0.1) is 23.3 Å². The van der Waals surface area contributed by atoms with E-state index in [1.807, 2.05) is 55.1 Å². The molecule has 2 aromatic carbocycles. The van der Waals surface area contributed by atoms with E-state index in [9.17, 15) is 4.79 Å². The van der Waals surface area contributed by atoms with E-state index in [0.29, 0.717) is 28.4 Å². The lowest BCUT2D eigenvalue weighted by atomic mass is 10.0. The number of nitrogens with one attached hydrogen (secondary N) is 1. The first-order valence-electron chi connectivity index (χ1n) is 10.4. The topological polar surface area (TPSA) is 63.1 Å². The number of carbonyl (C=O) groups excluding carboxylic acids is 1. The number of halogens is 2. The number of nitrogens with zero attached hydrogens (tertiary/aromatic N) is 4. The van der Waals surface area contributed by atoms with E-state index in [4.69, 9.17) is 11.6 Å². The fourth-order valence-electron chi connectivity index (χ4n) is 3.29. The standard InChI is InChI=1S/C24H27BrClN5O/c1-5-6-13-27-15-22-28-29-24(16(2)30(3)4)31(22)21-14-17(25)11-12-19(21)23(32)18-9-7-8-10-20(18)26/h5,7-12,14,16,27H,1,6,13,15H2,2-4H3. The van der Waals surface area contributed by atoms with Gasteiger partial charge in [0, 0.05) is 15.6 Å². The largest absolute Gasteiger partial charge is 0.310 e. The molecule has 0 radical (unpaired) electrons. The zero-order chi connectivity index (χ0) is 23.3. The second-order valence-corrected chi connectivity index (χ2v) is 9.00. The first kappa shape index (κ1) is 24.3. The number of hydrogen-bond acceptors (Lipinski definition) is 5. The maximum absolute atomic E-state index is 13.5. The van der Waals surface area contributed by atoms with E-state index in [-0.39, 0.29) is 11.8 Å². The van der Waals surface area contributed by atoms with Crippen molar-refractivity contribution in [3.63, 3.8) is 0 Å². The van der Waals surface area contributed by atoms with Crippen LogP contribution in [0.2, 0.25) is 5.02 Å². The SMILES string of the molecule is C=CCCNCc1nnc(C(C)N(C)C)n1-c1cc(Br)ccc1C(=O)c1ccccc1Cl. The molecule has 0 aliphatic carbocycles. The number of hydrogen-bond donors (Lipinski definition) is 1. The zero-order valence-electron chi connectivity index (χ0n) is 18.5. The van der Waals surface area contributed by atoms with Crippen molar-refractivity contribution >= 4 is 33.3 Å². The van der Waals surface area contributed by atoms with E-state index >= 15 is 0 Å². The first-order chi connectivity index (χ1) is 15.3. The van der Waals surface area contributed by atoms with Crippen LogP contribution >= 0.6 is 27.5 Å². The van der Waals surface area contributed by atoms with Crippen molar-refractivity contribution in [2.24, 2.45) is 0 Å². The van der Waals surface area contributed by atoms with Crippen LogP contribution < -0.4 is 5.32 Å². The molecule has 0 aliphatic heterocycles. The van der Waals surface area contributed by atoms with Crippen LogP contribution in [0.25, 0.3) is 5.69 Å². The molecule has 0 saturated carbocycles. The summed E-state index contributed by atoms with van der Waals surface area (Å²) < 4.78 is 2.83. The molecule has 8 heteroatoms. The quantitative estimate of drug-likeness (QED) is 0.228. The minimum absolute atomic E-state index is 0.0216. The lowest BCUT2D eigenvalue weighted by Gasteiger charge is -2.22. The van der Waals surface area contributed by atoms with Gasteiger partial charge in [-0.05, 0) is 64.3 Å². The molecule has 32 heavy (non-hydrogen) atoms. The van der Waals surface area contributed by atoms with Gasteiger partial charge in [0.1, 0.15) is 0 Å². The van der Waals surface area contributed by atoms with Gasteiger partial charge < -0.3 is 5.32 Å². The Morgan fingerprint density at radius 2 is 2.00 bits per heavy atom. The highest BCUT2D eigenvalue weighted by Crippen LogP contribution is 2.29. The van der Waals surface area contributed by atoms with Gasteiger partial charge in [0.25, 0.3) is 0 Å². The Hall–Kier alpha value is -2.32. The maximum Gasteiger partial charge on any atom is 0.196 e. The first-order valence-corrected chi connectivity index (χ1v) is 11.5. The van der Waals surface area contributed by atoms with E-state index < -0.39 is 0 Å². The molecule has 0 amide bonds. The number of rotatable bonds is 10. The number of carbonyl (C=O) groups is 1. The molecule has 6 nitrogen and oxygen atoms in total. The van der Waals surface area contributed by atoms with Crippen molar-refractivity contribution in [2.75, 3.05) is 20.6 Å². The lowest BCUT2D eigenvalue weighted by Crippen LogP contribution is -2.23. The van der Waals surface area contributed by atoms with E-state index in [1.54, 1.807) is 12.1 Å². The summed E-state index contributed by atoms with van der Waals surface area (Å²) >= 11 is 9.91. The van der Waals surface area contributed by atoms with Crippen molar-refractivity contribution < 1.29 is 4.79 Å². The molecule has 1 heterocycles. The second-order valence-electron chi connectivity index (χ2n) is 7.67. The minimum Gasteiger partial charge on any atom is -0.310 e. The van der Waals surface area contributed by atoms with Gasteiger partial charge in [-0.25, -0.2) is 0 Å². The highest BCUT2D eigenvalue weighted by atomic mass is 79.9. The molecular weight excluding hydrogens is 490 g/mol. The number of ketones is 1. The van der Waals surface area contributed by atoms with E-state index in [1.165, 1.54) is 0 Å². The average molecular weight is 517 g/mol. The van der Waals surface area contributed by atoms with Gasteiger partial charge >= 0.3 is 0 Å². The third-order valence-corrected chi connectivity index (χ3v) is 6.10. The molecule has 0 saturated heterocycles. The van der Waals surface area contributed by atoms with Gasteiger partial charge in [0.15, 0.2) is 17.4 Å². The van der Waals surface area contributed by atoms with Gasteiger partial charge in [-0.3, -0.25) is 14.3 Å². The van der Waals surface area contributed by atoms with Gasteiger partial charge in [-0.2, -0.15) is 0 Å². The summed E-state index contributed by atoms with van der Waals surface area (Å²) in [7, 11) is 3.98.